The van der Waals surface area contributed by atoms with Gasteiger partial charge in [-0.2, -0.15) is 0 Å². The topological polar surface area (TPSA) is 65.9 Å². The monoisotopic (exact) mass is 461 g/mol. The number of halogens is 1. The van der Waals surface area contributed by atoms with Crippen LogP contribution in [0.15, 0.2) is 35.3 Å². The predicted molar refractivity (Wildman–Crippen MR) is 114 cm³/mol. The molecule has 0 aromatic heterocycles. The summed E-state index contributed by atoms with van der Waals surface area (Å²) in [5.41, 5.74) is 1.40. The Morgan fingerprint density at radius 2 is 2.08 bits per heavy atom. The van der Waals surface area contributed by atoms with E-state index in [-0.39, 0.29) is 36.0 Å². The Morgan fingerprint density at radius 1 is 1.32 bits per heavy atom. The van der Waals surface area contributed by atoms with E-state index >= 15 is 0 Å². The van der Waals surface area contributed by atoms with Gasteiger partial charge in [0, 0.05) is 38.8 Å². The number of aliphatic imine (C=N–C) groups is 1. The minimum atomic E-state index is 0. The highest BCUT2D eigenvalue weighted by molar-refractivity contribution is 14.0. The molecule has 0 bridgehead atoms. The molecule has 0 radical (unpaired) electrons. The molecular formula is C19H32IN3O2. The fourth-order valence-electron chi connectivity index (χ4n) is 3.16. The van der Waals surface area contributed by atoms with Crippen molar-refractivity contribution in [1.82, 2.24) is 10.6 Å². The van der Waals surface area contributed by atoms with Gasteiger partial charge in [0.15, 0.2) is 5.96 Å². The number of nitrogens with zero attached hydrogens (tertiary/aromatic N) is 1. The highest BCUT2D eigenvalue weighted by Gasteiger charge is 2.34. The Balaban J connectivity index is 0.00000312. The van der Waals surface area contributed by atoms with Gasteiger partial charge < -0.3 is 20.5 Å². The lowest BCUT2D eigenvalue weighted by atomic mass is 9.84. The van der Waals surface area contributed by atoms with E-state index in [9.17, 15) is 5.11 Å². The average molecular weight is 461 g/mol. The summed E-state index contributed by atoms with van der Waals surface area (Å²) in [6, 6.07) is 10.6. The third kappa shape index (κ3) is 7.11. The second-order valence-electron chi connectivity index (χ2n) is 6.73. The summed E-state index contributed by atoms with van der Waals surface area (Å²) < 4.78 is 5.53. The number of aliphatic hydroxyl groups excluding tert-OH is 1. The lowest BCUT2D eigenvalue weighted by Crippen LogP contribution is -2.44. The summed E-state index contributed by atoms with van der Waals surface area (Å²) >= 11 is 0. The molecule has 0 spiro atoms. The molecule has 1 aliphatic heterocycles. The first-order valence-electron chi connectivity index (χ1n) is 8.87. The Labute approximate surface area is 168 Å². The number of hydrogen-bond donors (Lipinski definition) is 3. The highest BCUT2D eigenvalue weighted by atomic mass is 127. The van der Waals surface area contributed by atoms with Crippen molar-refractivity contribution in [1.29, 1.82) is 0 Å². The van der Waals surface area contributed by atoms with Crippen molar-refractivity contribution in [2.75, 3.05) is 40.0 Å². The van der Waals surface area contributed by atoms with Crippen molar-refractivity contribution in [3.63, 3.8) is 0 Å². The van der Waals surface area contributed by atoms with Crippen LogP contribution in [0.3, 0.4) is 0 Å². The van der Waals surface area contributed by atoms with Crippen LogP contribution in [-0.2, 0) is 4.74 Å². The number of hydrogen-bond acceptors (Lipinski definition) is 3. The van der Waals surface area contributed by atoms with Crippen LogP contribution in [0.2, 0.25) is 0 Å². The third-order valence-electron chi connectivity index (χ3n) is 4.92. The van der Waals surface area contributed by atoms with Crippen LogP contribution in [0.5, 0.6) is 0 Å². The van der Waals surface area contributed by atoms with Crippen LogP contribution in [0, 0.1) is 5.41 Å². The van der Waals surface area contributed by atoms with E-state index in [4.69, 9.17) is 4.74 Å². The van der Waals surface area contributed by atoms with Crippen LogP contribution >= 0.6 is 24.0 Å². The summed E-state index contributed by atoms with van der Waals surface area (Å²) in [6.07, 6.45) is 2.81. The molecule has 2 atom stereocenters. The molecule has 142 valence electrons. The summed E-state index contributed by atoms with van der Waals surface area (Å²) in [5.74, 6) is 1.33. The smallest absolute Gasteiger partial charge is 0.190 e. The molecule has 0 saturated carbocycles. The first kappa shape index (κ1) is 22.2. The fraction of sp³-hybridized carbons (Fsp3) is 0.632. The molecule has 1 heterocycles. The molecule has 1 aromatic rings. The van der Waals surface area contributed by atoms with Crippen molar-refractivity contribution >= 4 is 29.9 Å². The summed E-state index contributed by atoms with van der Waals surface area (Å²) in [6.45, 7) is 5.59. The summed E-state index contributed by atoms with van der Waals surface area (Å²) in [7, 11) is 1.79. The SMILES string of the molecule is CN=C(NCCC(C)c1ccccc1)NCC1(CCO)CCOC1.I. The van der Waals surface area contributed by atoms with Crippen LogP contribution < -0.4 is 10.6 Å². The van der Waals surface area contributed by atoms with Gasteiger partial charge in [-0.25, -0.2) is 0 Å². The minimum Gasteiger partial charge on any atom is -0.396 e. The lowest BCUT2D eigenvalue weighted by molar-refractivity contribution is 0.127. The Morgan fingerprint density at radius 3 is 2.68 bits per heavy atom. The van der Waals surface area contributed by atoms with Crippen LogP contribution in [0.1, 0.15) is 37.7 Å². The van der Waals surface area contributed by atoms with Crippen molar-refractivity contribution in [2.24, 2.45) is 10.4 Å². The highest BCUT2D eigenvalue weighted by Crippen LogP contribution is 2.31. The quantitative estimate of drug-likeness (QED) is 0.317. The van der Waals surface area contributed by atoms with Crippen molar-refractivity contribution in [3.8, 4) is 0 Å². The second kappa shape index (κ2) is 11.7. The van der Waals surface area contributed by atoms with Crippen molar-refractivity contribution in [2.45, 2.75) is 32.1 Å². The van der Waals surface area contributed by atoms with Crippen molar-refractivity contribution < 1.29 is 9.84 Å². The zero-order valence-electron chi connectivity index (χ0n) is 15.3. The summed E-state index contributed by atoms with van der Waals surface area (Å²) in [4.78, 5) is 4.30. The van der Waals surface area contributed by atoms with E-state index < -0.39 is 0 Å². The van der Waals surface area contributed by atoms with Gasteiger partial charge in [0.1, 0.15) is 0 Å². The van der Waals surface area contributed by atoms with Crippen molar-refractivity contribution in [3.05, 3.63) is 35.9 Å². The second-order valence-corrected chi connectivity index (χ2v) is 6.73. The van der Waals surface area contributed by atoms with Gasteiger partial charge >= 0.3 is 0 Å². The largest absolute Gasteiger partial charge is 0.396 e. The Bertz CT molecular complexity index is 505. The molecule has 25 heavy (non-hydrogen) atoms. The zero-order valence-corrected chi connectivity index (χ0v) is 17.7. The van der Waals surface area contributed by atoms with Gasteiger partial charge in [-0.3, -0.25) is 4.99 Å². The Kier molecular flexibility index (Phi) is 10.4. The molecule has 3 N–H and O–H groups in total. The summed E-state index contributed by atoms with van der Waals surface area (Å²) in [5, 5.41) is 16.1. The maximum atomic E-state index is 9.30. The fourth-order valence-corrected chi connectivity index (χ4v) is 3.16. The molecule has 1 aliphatic rings. The maximum absolute atomic E-state index is 9.30. The molecule has 1 fully saturated rings. The van der Waals surface area contributed by atoms with Gasteiger partial charge in [-0.05, 0) is 30.7 Å². The normalized spacial score (nSPS) is 21.5. The van der Waals surface area contributed by atoms with E-state index in [1.54, 1.807) is 7.05 Å². The molecule has 2 unspecified atom stereocenters. The molecule has 0 aliphatic carbocycles. The standard InChI is InChI=1S/C19H31N3O2.HI/c1-16(17-6-4-3-5-7-17)8-11-21-18(20-2)22-14-19(9-12-23)10-13-24-15-19;/h3-7,16,23H,8-15H2,1-2H3,(H2,20,21,22);1H. The van der Waals surface area contributed by atoms with E-state index in [0.29, 0.717) is 12.5 Å². The first-order chi connectivity index (χ1) is 11.7. The third-order valence-corrected chi connectivity index (χ3v) is 4.92. The molecular weight excluding hydrogens is 429 g/mol. The zero-order chi connectivity index (χ0) is 17.3. The van der Waals surface area contributed by atoms with E-state index in [0.717, 1.165) is 44.9 Å². The molecule has 1 aromatic carbocycles. The minimum absolute atomic E-state index is 0. The maximum Gasteiger partial charge on any atom is 0.190 e. The average Bonchev–Trinajstić information content (AvgIpc) is 3.07. The molecule has 5 nitrogen and oxygen atoms in total. The number of rotatable bonds is 8. The van der Waals surface area contributed by atoms with Crippen LogP contribution in [-0.4, -0.2) is 51.0 Å². The van der Waals surface area contributed by atoms with Gasteiger partial charge in [0.05, 0.1) is 6.61 Å². The molecule has 2 rings (SSSR count). The van der Waals surface area contributed by atoms with Crippen LogP contribution in [0.4, 0.5) is 0 Å². The molecule has 0 amide bonds. The first-order valence-corrected chi connectivity index (χ1v) is 8.87. The van der Waals surface area contributed by atoms with E-state index in [2.05, 4.69) is 52.9 Å². The van der Waals surface area contributed by atoms with E-state index in [1.165, 1.54) is 5.56 Å². The number of guanidine groups is 1. The Hall–Kier alpha value is -0.860. The van der Waals surface area contributed by atoms with Gasteiger partial charge in [-0.1, -0.05) is 37.3 Å². The van der Waals surface area contributed by atoms with Crippen LogP contribution in [0.25, 0.3) is 0 Å². The van der Waals surface area contributed by atoms with Gasteiger partial charge in [-0.15, -0.1) is 24.0 Å². The lowest BCUT2D eigenvalue weighted by Gasteiger charge is -2.27. The van der Waals surface area contributed by atoms with E-state index in [1.807, 2.05) is 0 Å². The molecule has 6 heteroatoms. The predicted octanol–water partition coefficient (Wildman–Crippen LogP) is 2.75. The number of nitrogens with one attached hydrogen (secondary N) is 2. The molecule has 1 saturated heterocycles. The van der Waals surface area contributed by atoms with Gasteiger partial charge in [0.25, 0.3) is 0 Å². The number of benzene rings is 1. The van der Waals surface area contributed by atoms with Gasteiger partial charge in [0.2, 0.25) is 0 Å². The number of aliphatic hydroxyl groups is 1. The number of ether oxygens (including phenoxy) is 1.